The van der Waals surface area contributed by atoms with Crippen LogP contribution in [0.15, 0.2) is 12.1 Å². The molecule has 7 heteroatoms. The smallest absolute Gasteiger partial charge is 0.292 e. The van der Waals surface area contributed by atoms with Gasteiger partial charge < -0.3 is 20.5 Å². The number of anilines is 2. The number of hydrogen-bond donors (Lipinski definition) is 3. The first kappa shape index (κ1) is 13.6. The van der Waals surface area contributed by atoms with E-state index in [4.69, 9.17) is 9.84 Å². The first-order valence-corrected chi connectivity index (χ1v) is 6.20. The molecule has 0 spiro atoms. The van der Waals surface area contributed by atoms with Gasteiger partial charge in [0, 0.05) is 30.4 Å². The number of aliphatic hydroxyl groups is 1. The molecule has 1 aromatic carbocycles. The normalized spacial score (nSPS) is 12.9. The maximum atomic E-state index is 11.0. The number of nitro groups is 1. The number of fused-ring (bicyclic) bond motifs is 1. The van der Waals surface area contributed by atoms with Gasteiger partial charge >= 0.3 is 0 Å². The van der Waals surface area contributed by atoms with Crippen molar-refractivity contribution in [2.75, 3.05) is 43.5 Å². The molecule has 1 aliphatic rings. The van der Waals surface area contributed by atoms with Crippen LogP contribution in [0.3, 0.4) is 0 Å². The van der Waals surface area contributed by atoms with E-state index < -0.39 is 0 Å². The Balaban J connectivity index is 2.08. The topological polar surface area (TPSA) is 96.7 Å². The fraction of sp³-hybridized carbons (Fsp3) is 0.500. The van der Waals surface area contributed by atoms with Crippen LogP contribution in [0.2, 0.25) is 0 Å². The fourth-order valence-electron chi connectivity index (χ4n) is 2.15. The van der Waals surface area contributed by atoms with E-state index in [1.165, 1.54) is 6.07 Å². The van der Waals surface area contributed by atoms with E-state index in [1.807, 2.05) is 0 Å². The van der Waals surface area contributed by atoms with Crippen LogP contribution in [0.25, 0.3) is 0 Å². The summed E-state index contributed by atoms with van der Waals surface area (Å²) >= 11 is 0. The third-order valence-electron chi connectivity index (χ3n) is 2.96. The van der Waals surface area contributed by atoms with Gasteiger partial charge in [0.2, 0.25) is 0 Å². The molecule has 3 N–H and O–H groups in total. The molecule has 7 nitrogen and oxygen atoms in total. The van der Waals surface area contributed by atoms with Crippen molar-refractivity contribution in [2.45, 2.75) is 6.42 Å². The first-order chi connectivity index (χ1) is 9.24. The highest BCUT2D eigenvalue weighted by molar-refractivity contribution is 5.77. The van der Waals surface area contributed by atoms with Crippen LogP contribution < -0.4 is 10.6 Å². The van der Waals surface area contributed by atoms with Gasteiger partial charge in [0.1, 0.15) is 5.69 Å². The molecule has 0 fully saturated rings. The molecule has 0 aromatic heterocycles. The van der Waals surface area contributed by atoms with Crippen molar-refractivity contribution >= 4 is 17.1 Å². The van der Waals surface area contributed by atoms with Crippen LogP contribution in [-0.4, -0.2) is 42.9 Å². The molecular weight excluding hydrogens is 250 g/mol. The number of nitrogens with zero attached hydrogens (tertiary/aromatic N) is 1. The Morgan fingerprint density at radius 2 is 2.32 bits per heavy atom. The molecular formula is C12H17N3O4. The summed E-state index contributed by atoms with van der Waals surface area (Å²) in [6.45, 7) is 1.92. The number of nitrogens with one attached hydrogen (secondary N) is 2. The number of nitro benzene ring substituents is 1. The number of ether oxygens (including phenoxy) is 1. The number of hydrogen-bond acceptors (Lipinski definition) is 6. The van der Waals surface area contributed by atoms with Crippen molar-refractivity contribution < 1.29 is 14.8 Å². The Hall–Kier alpha value is -1.86. The predicted molar refractivity (Wildman–Crippen MR) is 71.7 cm³/mol. The van der Waals surface area contributed by atoms with Crippen molar-refractivity contribution in [3.05, 3.63) is 27.8 Å². The van der Waals surface area contributed by atoms with Crippen LogP contribution in [0.4, 0.5) is 17.1 Å². The van der Waals surface area contributed by atoms with Gasteiger partial charge in [-0.15, -0.1) is 0 Å². The van der Waals surface area contributed by atoms with E-state index in [9.17, 15) is 10.1 Å². The Kier molecular flexibility index (Phi) is 4.53. The van der Waals surface area contributed by atoms with E-state index in [2.05, 4.69) is 10.6 Å². The summed E-state index contributed by atoms with van der Waals surface area (Å²) in [5.41, 5.74) is 2.56. The molecule has 1 heterocycles. The zero-order chi connectivity index (χ0) is 13.7. The zero-order valence-corrected chi connectivity index (χ0v) is 10.5. The lowest BCUT2D eigenvalue weighted by Crippen LogP contribution is -2.13. The number of rotatable bonds is 7. The molecule has 0 aliphatic carbocycles. The maximum absolute atomic E-state index is 11.0. The first-order valence-electron chi connectivity index (χ1n) is 6.20. The maximum Gasteiger partial charge on any atom is 0.292 e. The highest BCUT2D eigenvalue weighted by Gasteiger charge is 2.23. The third kappa shape index (κ3) is 3.12. The second-order valence-electron chi connectivity index (χ2n) is 4.18. The summed E-state index contributed by atoms with van der Waals surface area (Å²) in [5, 5.41) is 25.9. The predicted octanol–water partition coefficient (Wildman–Crippen LogP) is 0.984. The molecule has 0 amide bonds. The van der Waals surface area contributed by atoms with E-state index in [0.29, 0.717) is 18.8 Å². The number of benzene rings is 1. The van der Waals surface area contributed by atoms with Crippen LogP contribution in [-0.2, 0) is 11.2 Å². The third-order valence-corrected chi connectivity index (χ3v) is 2.96. The molecule has 0 saturated heterocycles. The highest BCUT2D eigenvalue weighted by atomic mass is 16.6. The molecule has 1 aliphatic heterocycles. The van der Waals surface area contributed by atoms with Gasteiger partial charge in [0.15, 0.2) is 0 Å². The Morgan fingerprint density at radius 3 is 3.05 bits per heavy atom. The van der Waals surface area contributed by atoms with Crippen molar-refractivity contribution in [3.8, 4) is 0 Å². The van der Waals surface area contributed by atoms with Gasteiger partial charge in [-0.2, -0.15) is 0 Å². The molecule has 19 heavy (non-hydrogen) atoms. The second-order valence-corrected chi connectivity index (χ2v) is 4.18. The Bertz CT molecular complexity index is 465. The minimum absolute atomic E-state index is 0.0230. The largest absolute Gasteiger partial charge is 0.394 e. The molecule has 0 unspecified atom stereocenters. The van der Waals surface area contributed by atoms with Crippen molar-refractivity contribution in [1.82, 2.24) is 0 Å². The lowest BCUT2D eigenvalue weighted by Gasteiger charge is -2.11. The van der Waals surface area contributed by atoms with Crippen molar-refractivity contribution in [1.29, 1.82) is 0 Å². The Labute approximate surface area is 110 Å². The van der Waals surface area contributed by atoms with Crippen LogP contribution >= 0.6 is 0 Å². The molecule has 0 radical (unpaired) electrons. The highest BCUT2D eigenvalue weighted by Crippen LogP contribution is 2.36. The van der Waals surface area contributed by atoms with Crippen LogP contribution in [0.5, 0.6) is 0 Å². The van der Waals surface area contributed by atoms with Gasteiger partial charge in [-0.3, -0.25) is 10.1 Å². The molecule has 0 saturated carbocycles. The van der Waals surface area contributed by atoms with Gasteiger partial charge in [0.05, 0.1) is 24.7 Å². The van der Waals surface area contributed by atoms with Gasteiger partial charge in [-0.25, -0.2) is 0 Å². The van der Waals surface area contributed by atoms with Crippen LogP contribution in [0.1, 0.15) is 5.56 Å². The molecule has 1 aromatic rings. The Morgan fingerprint density at radius 1 is 1.47 bits per heavy atom. The average Bonchev–Trinajstić information content (AvgIpc) is 2.86. The lowest BCUT2D eigenvalue weighted by atomic mass is 10.1. The molecule has 0 atom stereocenters. The standard InChI is InChI=1S/C12H17N3O4/c16-6-8-19-7-5-14-12-9-3-4-13-10(9)1-2-11(12)15(17)18/h1-2,13-14,16H,3-8H2. The minimum atomic E-state index is -0.379. The second kappa shape index (κ2) is 6.35. The molecule has 104 valence electrons. The summed E-state index contributed by atoms with van der Waals surface area (Å²) < 4.78 is 5.13. The summed E-state index contributed by atoms with van der Waals surface area (Å²) in [6.07, 6.45) is 0.775. The van der Waals surface area contributed by atoms with Crippen LogP contribution in [0, 0.1) is 10.1 Å². The van der Waals surface area contributed by atoms with E-state index in [1.54, 1.807) is 6.07 Å². The van der Waals surface area contributed by atoms with Gasteiger partial charge in [0.25, 0.3) is 5.69 Å². The van der Waals surface area contributed by atoms with Crippen molar-refractivity contribution in [2.24, 2.45) is 0 Å². The summed E-state index contributed by atoms with van der Waals surface area (Å²) in [6, 6.07) is 3.25. The van der Waals surface area contributed by atoms with E-state index in [0.717, 1.165) is 24.2 Å². The quantitative estimate of drug-likeness (QED) is 0.387. The zero-order valence-electron chi connectivity index (χ0n) is 10.5. The number of aliphatic hydroxyl groups excluding tert-OH is 1. The van der Waals surface area contributed by atoms with Crippen molar-refractivity contribution in [3.63, 3.8) is 0 Å². The summed E-state index contributed by atoms with van der Waals surface area (Å²) in [5.74, 6) is 0. The monoisotopic (exact) mass is 267 g/mol. The summed E-state index contributed by atoms with van der Waals surface area (Å²) in [4.78, 5) is 10.7. The fourth-order valence-corrected chi connectivity index (χ4v) is 2.15. The SMILES string of the molecule is O=[N+]([O-])c1ccc2c(c1NCCOCCO)CCN2. The average molecular weight is 267 g/mol. The molecule has 2 rings (SSSR count). The molecule has 0 bridgehead atoms. The van der Waals surface area contributed by atoms with Gasteiger partial charge in [-0.05, 0) is 12.5 Å². The minimum Gasteiger partial charge on any atom is -0.394 e. The summed E-state index contributed by atoms with van der Waals surface area (Å²) in [7, 11) is 0. The van der Waals surface area contributed by atoms with E-state index in [-0.39, 0.29) is 23.8 Å². The lowest BCUT2D eigenvalue weighted by molar-refractivity contribution is -0.384. The van der Waals surface area contributed by atoms with E-state index >= 15 is 0 Å². The van der Waals surface area contributed by atoms with Gasteiger partial charge in [-0.1, -0.05) is 0 Å².